The number of nitrogens with zero attached hydrogens (tertiary/aromatic N) is 1. The van der Waals surface area contributed by atoms with Crippen molar-refractivity contribution in [3.05, 3.63) is 0 Å². The molecule has 2 amide bonds. The van der Waals surface area contributed by atoms with E-state index in [9.17, 15) is 4.79 Å². The molecule has 0 aromatic carbocycles. The number of carbonyl (C=O) groups is 1. The Hall–Kier alpha value is -0.900. The minimum Gasteiger partial charge on any atom is -0.287 e. The number of carbonyl (C=O) groups excluding carboxylic acids is 1. The zero-order chi connectivity index (χ0) is 6.41. The molecule has 0 fully saturated rings. The van der Waals surface area contributed by atoms with E-state index in [-0.39, 0.29) is 0 Å². The second kappa shape index (κ2) is 4.26. The molecule has 0 bridgehead atoms. The summed E-state index contributed by atoms with van der Waals surface area (Å²) in [6.45, 7) is 1.84. The zero-order valence-electron chi connectivity index (χ0n) is 4.59. The maximum absolute atomic E-state index is 10.0. The minimum absolute atomic E-state index is 0.688. The Labute approximate surface area is 47.2 Å². The first-order chi connectivity index (χ1) is 3.81. The van der Waals surface area contributed by atoms with E-state index in [4.69, 9.17) is 5.21 Å². The van der Waals surface area contributed by atoms with Gasteiger partial charge in [-0.15, -0.1) is 0 Å². The van der Waals surface area contributed by atoms with E-state index in [0.29, 0.717) is 6.42 Å². The lowest BCUT2D eigenvalue weighted by molar-refractivity contribution is 0.169. The maximum Gasteiger partial charge on any atom is 0.364 e. The Kier molecular flexibility index (Phi) is 3.78. The van der Waals surface area contributed by atoms with Gasteiger partial charge < -0.3 is 0 Å². The van der Waals surface area contributed by atoms with Crippen molar-refractivity contribution in [2.75, 3.05) is 0 Å². The topological polar surface area (TPSA) is 61.7 Å². The molecular formula is C4H8N2O2. The number of hydrogen-bond acceptors (Lipinski definition) is 2. The molecule has 4 nitrogen and oxygen atoms in total. The monoisotopic (exact) mass is 116 g/mol. The average Bonchev–Trinajstić information content (AvgIpc) is 1.83. The average molecular weight is 116 g/mol. The lowest BCUT2D eigenvalue weighted by Gasteiger charge is -1.84. The smallest absolute Gasteiger partial charge is 0.287 e. The van der Waals surface area contributed by atoms with Crippen LogP contribution in [0.15, 0.2) is 4.99 Å². The molecule has 46 valence electrons. The summed E-state index contributed by atoms with van der Waals surface area (Å²) in [4.78, 5) is 13.2. The Morgan fingerprint density at radius 2 is 2.62 bits per heavy atom. The van der Waals surface area contributed by atoms with Crippen LogP contribution in [0.3, 0.4) is 0 Å². The number of amides is 2. The molecule has 0 saturated heterocycles. The van der Waals surface area contributed by atoms with Gasteiger partial charge in [0.05, 0.1) is 0 Å². The van der Waals surface area contributed by atoms with Crippen molar-refractivity contribution < 1.29 is 10.0 Å². The van der Waals surface area contributed by atoms with Crippen LogP contribution >= 0.6 is 0 Å². The van der Waals surface area contributed by atoms with Gasteiger partial charge in [-0.3, -0.25) is 5.21 Å². The van der Waals surface area contributed by atoms with Crippen LogP contribution in [0.1, 0.15) is 13.3 Å². The van der Waals surface area contributed by atoms with Gasteiger partial charge in [-0.2, -0.15) is 0 Å². The third kappa shape index (κ3) is 3.30. The van der Waals surface area contributed by atoms with Crippen LogP contribution in [-0.4, -0.2) is 17.5 Å². The molecule has 0 spiro atoms. The highest BCUT2D eigenvalue weighted by molar-refractivity contribution is 5.82. The van der Waals surface area contributed by atoms with E-state index in [1.54, 1.807) is 0 Å². The molecule has 0 atom stereocenters. The van der Waals surface area contributed by atoms with Gasteiger partial charge in [0.1, 0.15) is 0 Å². The number of hydrogen-bond donors (Lipinski definition) is 2. The van der Waals surface area contributed by atoms with E-state index in [1.807, 2.05) is 6.92 Å². The molecule has 0 aliphatic rings. The van der Waals surface area contributed by atoms with Crippen molar-refractivity contribution in [3.63, 3.8) is 0 Å². The van der Waals surface area contributed by atoms with Crippen molar-refractivity contribution in [2.45, 2.75) is 13.3 Å². The lowest BCUT2D eigenvalue weighted by Crippen LogP contribution is -2.13. The molecule has 0 unspecified atom stereocenters. The molecule has 4 heteroatoms. The molecule has 0 aliphatic heterocycles. The first-order valence-corrected chi connectivity index (χ1v) is 2.27. The standard InChI is InChI=1S/C4H8N2O2/c1-2-3-5-4(7)6-8/h3,8H,2H2,1H3,(H,6,7). The van der Waals surface area contributed by atoms with E-state index in [1.165, 1.54) is 11.7 Å². The van der Waals surface area contributed by atoms with Crippen molar-refractivity contribution in [3.8, 4) is 0 Å². The molecule has 0 aliphatic carbocycles. The Balaban J connectivity index is 3.37. The third-order valence-electron chi connectivity index (χ3n) is 0.487. The normalized spacial score (nSPS) is 9.75. The van der Waals surface area contributed by atoms with Crippen molar-refractivity contribution in [1.82, 2.24) is 5.48 Å². The summed E-state index contributed by atoms with van der Waals surface area (Å²) in [5.41, 5.74) is 1.36. The molecule has 2 N–H and O–H groups in total. The SMILES string of the molecule is CCC=NC(=O)NO. The van der Waals surface area contributed by atoms with Gasteiger partial charge in [0, 0.05) is 6.21 Å². The van der Waals surface area contributed by atoms with Gasteiger partial charge in [-0.1, -0.05) is 6.92 Å². The van der Waals surface area contributed by atoms with Crippen molar-refractivity contribution >= 4 is 12.2 Å². The number of hydroxylamine groups is 1. The van der Waals surface area contributed by atoms with Crippen LogP contribution in [-0.2, 0) is 0 Å². The predicted molar refractivity (Wildman–Crippen MR) is 29.1 cm³/mol. The summed E-state index contributed by atoms with van der Waals surface area (Å²) >= 11 is 0. The largest absolute Gasteiger partial charge is 0.364 e. The Bertz CT molecular complexity index is 100. The van der Waals surface area contributed by atoms with Crippen LogP contribution < -0.4 is 5.48 Å². The van der Waals surface area contributed by atoms with Gasteiger partial charge in [0.25, 0.3) is 0 Å². The summed E-state index contributed by atoms with van der Waals surface area (Å²) in [6.07, 6.45) is 2.10. The molecule has 0 rings (SSSR count). The fourth-order valence-electron chi connectivity index (χ4n) is 0.203. The second-order valence-electron chi connectivity index (χ2n) is 1.14. The van der Waals surface area contributed by atoms with E-state index in [2.05, 4.69) is 4.99 Å². The van der Waals surface area contributed by atoms with Gasteiger partial charge in [-0.25, -0.2) is 15.3 Å². The van der Waals surface area contributed by atoms with Crippen LogP contribution in [0, 0.1) is 0 Å². The maximum atomic E-state index is 10.0. The van der Waals surface area contributed by atoms with Crippen molar-refractivity contribution in [2.24, 2.45) is 4.99 Å². The highest BCUT2D eigenvalue weighted by atomic mass is 16.5. The predicted octanol–water partition coefficient (Wildman–Crippen LogP) is 0.566. The summed E-state index contributed by atoms with van der Waals surface area (Å²) < 4.78 is 0. The summed E-state index contributed by atoms with van der Waals surface area (Å²) in [7, 11) is 0. The Morgan fingerprint density at radius 3 is 3.00 bits per heavy atom. The Morgan fingerprint density at radius 1 is 2.00 bits per heavy atom. The van der Waals surface area contributed by atoms with E-state index in [0.717, 1.165) is 0 Å². The molecule has 0 aromatic heterocycles. The van der Waals surface area contributed by atoms with Crippen LogP contribution in [0.2, 0.25) is 0 Å². The van der Waals surface area contributed by atoms with Crippen LogP contribution in [0.4, 0.5) is 4.79 Å². The van der Waals surface area contributed by atoms with Gasteiger partial charge in [-0.05, 0) is 6.42 Å². The van der Waals surface area contributed by atoms with E-state index >= 15 is 0 Å². The third-order valence-corrected chi connectivity index (χ3v) is 0.487. The highest BCUT2D eigenvalue weighted by Gasteiger charge is 1.85. The molecule has 0 aromatic rings. The zero-order valence-corrected chi connectivity index (χ0v) is 4.59. The first kappa shape index (κ1) is 7.10. The molecular weight excluding hydrogens is 108 g/mol. The number of aliphatic imine (C=N–C) groups is 1. The lowest BCUT2D eigenvalue weighted by atomic mass is 10.5. The summed E-state index contributed by atoms with van der Waals surface area (Å²) in [5, 5.41) is 7.85. The molecule has 0 saturated carbocycles. The second-order valence-corrected chi connectivity index (χ2v) is 1.14. The first-order valence-electron chi connectivity index (χ1n) is 2.27. The van der Waals surface area contributed by atoms with Crippen molar-refractivity contribution in [1.29, 1.82) is 0 Å². The van der Waals surface area contributed by atoms with Gasteiger partial charge in [0.15, 0.2) is 0 Å². The molecule has 0 radical (unpaired) electrons. The van der Waals surface area contributed by atoms with E-state index < -0.39 is 6.03 Å². The quantitative estimate of drug-likeness (QED) is 0.299. The highest BCUT2D eigenvalue weighted by Crippen LogP contribution is 1.71. The van der Waals surface area contributed by atoms with Crippen LogP contribution in [0.5, 0.6) is 0 Å². The molecule has 0 heterocycles. The molecule has 8 heavy (non-hydrogen) atoms. The van der Waals surface area contributed by atoms with Gasteiger partial charge in [0.2, 0.25) is 0 Å². The minimum atomic E-state index is -0.730. The number of rotatable bonds is 1. The number of nitrogens with one attached hydrogen (secondary N) is 1. The summed E-state index contributed by atoms with van der Waals surface area (Å²) in [5.74, 6) is 0. The summed E-state index contributed by atoms with van der Waals surface area (Å²) in [6, 6.07) is -0.730. The van der Waals surface area contributed by atoms with Gasteiger partial charge >= 0.3 is 6.03 Å². The van der Waals surface area contributed by atoms with Crippen LogP contribution in [0.25, 0.3) is 0 Å². The fourth-order valence-corrected chi connectivity index (χ4v) is 0.203. The number of urea groups is 1. The fraction of sp³-hybridized carbons (Fsp3) is 0.500.